The summed E-state index contributed by atoms with van der Waals surface area (Å²) in [5.41, 5.74) is 0.827. The number of carbonyl (C=O) groups excluding carboxylic acids is 1. The number of aromatic nitrogens is 2. The van der Waals surface area contributed by atoms with Crippen LogP contribution in [-0.2, 0) is 9.59 Å². The monoisotopic (exact) mass is 381 g/mol. The minimum absolute atomic E-state index is 0.0730. The molecule has 134 valence electrons. The van der Waals surface area contributed by atoms with E-state index in [1.165, 1.54) is 11.8 Å². The summed E-state index contributed by atoms with van der Waals surface area (Å²) in [4.78, 5) is 27.3. The Bertz CT molecular complexity index is 789. The molecule has 2 N–H and O–H groups in total. The number of carboxylic acids is 1. The highest BCUT2D eigenvalue weighted by atomic mass is 35.5. The summed E-state index contributed by atoms with van der Waals surface area (Å²) in [5.74, 6) is -1.05. The van der Waals surface area contributed by atoms with Crippen molar-refractivity contribution in [2.24, 2.45) is 5.41 Å². The van der Waals surface area contributed by atoms with Gasteiger partial charge in [-0.15, -0.1) is 0 Å². The summed E-state index contributed by atoms with van der Waals surface area (Å²) in [6.07, 6.45) is 3.47. The second-order valence-corrected chi connectivity index (χ2v) is 7.57. The Morgan fingerprint density at radius 3 is 2.80 bits per heavy atom. The van der Waals surface area contributed by atoms with E-state index in [1.807, 2.05) is 35.9 Å². The fraction of sp³-hybridized carbons (Fsp3) is 0.353. The first-order chi connectivity index (χ1) is 11.7. The molecule has 2 rings (SSSR count). The molecule has 8 heteroatoms. The number of aliphatic carboxylic acids is 1. The first-order valence-electron chi connectivity index (χ1n) is 7.64. The molecule has 6 nitrogen and oxygen atoms in total. The molecule has 0 atom stereocenters. The second kappa shape index (κ2) is 7.93. The third-order valence-electron chi connectivity index (χ3n) is 3.74. The maximum Gasteiger partial charge on any atom is 0.310 e. The van der Waals surface area contributed by atoms with E-state index in [9.17, 15) is 9.59 Å². The topological polar surface area (TPSA) is 84.2 Å². The molecule has 0 radical (unpaired) electrons. The summed E-state index contributed by atoms with van der Waals surface area (Å²) < 4.78 is 1.88. The predicted octanol–water partition coefficient (Wildman–Crippen LogP) is 3.15. The summed E-state index contributed by atoms with van der Waals surface area (Å²) in [6, 6.07) is 5.62. The first-order valence-corrected chi connectivity index (χ1v) is 9.00. The Hall–Kier alpha value is -1.99. The van der Waals surface area contributed by atoms with Gasteiger partial charge in [0.15, 0.2) is 5.16 Å². The van der Waals surface area contributed by atoms with Crippen LogP contribution in [0.2, 0.25) is 5.02 Å². The molecule has 0 unspecified atom stereocenters. The minimum atomic E-state index is -1.00. The highest BCUT2D eigenvalue weighted by Gasteiger charge is 2.27. The predicted molar refractivity (Wildman–Crippen MR) is 98.5 cm³/mol. The number of hydrogen-bond acceptors (Lipinski definition) is 4. The maximum absolute atomic E-state index is 12.0. The van der Waals surface area contributed by atoms with Gasteiger partial charge in [-0.25, -0.2) is 4.98 Å². The zero-order chi connectivity index (χ0) is 18.6. The Labute approximate surface area is 155 Å². The lowest BCUT2D eigenvalue weighted by Crippen LogP contribution is -2.39. The molecule has 2 aromatic rings. The standard InChI is InChI=1S/C17H20ClN3O3S/c1-11-12(18)5-4-6-13(11)21-8-7-19-16(21)25-9-14(22)20-10-17(2,3)15(23)24/h4-8H,9-10H2,1-3H3,(H,20,22)(H,23,24). The third kappa shape index (κ3) is 4.76. The number of thioether (sulfide) groups is 1. The van der Waals surface area contributed by atoms with E-state index >= 15 is 0 Å². The number of hydrogen-bond donors (Lipinski definition) is 2. The van der Waals surface area contributed by atoms with Gasteiger partial charge in [0.05, 0.1) is 16.9 Å². The third-order valence-corrected chi connectivity index (χ3v) is 5.12. The number of nitrogens with one attached hydrogen (secondary N) is 1. The number of benzene rings is 1. The molecule has 1 heterocycles. The van der Waals surface area contributed by atoms with Crippen molar-refractivity contribution in [3.8, 4) is 5.69 Å². The highest BCUT2D eigenvalue weighted by molar-refractivity contribution is 7.99. The van der Waals surface area contributed by atoms with E-state index in [0.717, 1.165) is 11.3 Å². The van der Waals surface area contributed by atoms with Gasteiger partial charge in [-0.05, 0) is 38.5 Å². The molecular formula is C17H20ClN3O3S. The fourth-order valence-electron chi connectivity index (χ4n) is 2.01. The number of nitrogens with zero attached hydrogens (tertiary/aromatic N) is 2. The van der Waals surface area contributed by atoms with Gasteiger partial charge in [0, 0.05) is 24.0 Å². The van der Waals surface area contributed by atoms with E-state index in [1.54, 1.807) is 20.0 Å². The normalized spacial score (nSPS) is 11.4. The maximum atomic E-state index is 12.0. The van der Waals surface area contributed by atoms with E-state index in [0.29, 0.717) is 10.2 Å². The van der Waals surface area contributed by atoms with Crippen LogP contribution in [0.3, 0.4) is 0 Å². The van der Waals surface area contributed by atoms with Crippen LogP contribution in [-0.4, -0.2) is 38.8 Å². The van der Waals surface area contributed by atoms with E-state index < -0.39 is 11.4 Å². The average molecular weight is 382 g/mol. The van der Waals surface area contributed by atoms with E-state index in [2.05, 4.69) is 10.3 Å². The number of carboxylic acid groups (broad SMARTS) is 1. The number of carbonyl (C=O) groups is 2. The summed E-state index contributed by atoms with van der Waals surface area (Å²) in [6.45, 7) is 5.13. The molecule has 0 fully saturated rings. The smallest absolute Gasteiger partial charge is 0.310 e. The lowest BCUT2D eigenvalue weighted by molar-refractivity contribution is -0.146. The molecule has 0 aliphatic heterocycles. The minimum Gasteiger partial charge on any atom is -0.481 e. The van der Waals surface area contributed by atoms with Crippen LogP contribution in [0.1, 0.15) is 19.4 Å². The molecule has 0 bridgehead atoms. The van der Waals surface area contributed by atoms with Gasteiger partial charge < -0.3 is 10.4 Å². The summed E-state index contributed by atoms with van der Waals surface area (Å²) >= 11 is 7.45. The zero-order valence-electron chi connectivity index (χ0n) is 14.2. The van der Waals surface area contributed by atoms with Crippen LogP contribution in [0.25, 0.3) is 5.69 Å². The van der Waals surface area contributed by atoms with Gasteiger partial charge in [0.25, 0.3) is 0 Å². The van der Waals surface area contributed by atoms with Crippen LogP contribution < -0.4 is 5.32 Å². The molecule has 1 amide bonds. The van der Waals surface area contributed by atoms with Gasteiger partial charge in [-0.3, -0.25) is 14.2 Å². The molecule has 0 aliphatic carbocycles. The molecular weight excluding hydrogens is 362 g/mol. The van der Waals surface area contributed by atoms with Gasteiger partial charge in [-0.2, -0.15) is 0 Å². The van der Waals surface area contributed by atoms with Crippen LogP contribution in [0.4, 0.5) is 0 Å². The first kappa shape index (κ1) is 19.3. The summed E-state index contributed by atoms with van der Waals surface area (Å²) in [7, 11) is 0. The van der Waals surface area contributed by atoms with Crippen LogP contribution in [0.15, 0.2) is 35.7 Å². The van der Waals surface area contributed by atoms with Crippen molar-refractivity contribution < 1.29 is 14.7 Å². The highest BCUT2D eigenvalue weighted by Crippen LogP contribution is 2.26. The van der Waals surface area contributed by atoms with Crippen molar-refractivity contribution >= 4 is 35.2 Å². The zero-order valence-corrected chi connectivity index (χ0v) is 15.8. The van der Waals surface area contributed by atoms with Crippen LogP contribution in [0, 0.1) is 12.3 Å². The Kier molecular flexibility index (Phi) is 6.13. The van der Waals surface area contributed by atoms with Crippen LogP contribution in [0.5, 0.6) is 0 Å². The quantitative estimate of drug-likeness (QED) is 0.720. The second-order valence-electron chi connectivity index (χ2n) is 6.22. The van der Waals surface area contributed by atoms with Gasteiger partial charge >= 0.3 is 5.97 Å². The molecule has 0 spiro atoms. The SMILES string of the molecule is Cc1c(Cl)cccc1-n1ccnc1SCC(=O)NCC(C)(C)C(=O)O. The van der Waals surface area contributed by atoms with Gasteiger partial charge in [0.2, 0.25) is 5.91 Å². The van der Waals surface area contributed by atoms with E-state index in [-0.39, 0.29) is 18.2 Å². The number of imidazole rings is 1. The fourth-order valence-corrected chi connectivity index (χ4v) is 2.98. The molecule has 1 aromatic heterocycles. The van der Waals surface area contributed by atoms with Crippen molar-refractivity contribution in [2.75, 3.05) is 12.3 Å². The molecule has 0 saturated carbocycles. The van der Waals surface area contributed by atoms with Crippen molar-refractivity contribution in [3.63, 3.8) is 0 Å². The van der Waals surface area contributed by atoms with Crippen molar-refractivity contribution in [3.05, 3.63) is 41.2 Å². The number of rotatable bonds is 7. The largest absolute Gasteiger partial charge is 0.481 e. The Balaban J connectivity index is 2.01. The lowest BCUT2D eigenvalue weighted by Gasteiger charge is -2.19. The Morgan fingerprint density at radius 2 is 2.12 bits per heavy atom. The molecule has 0 saturated heterocycles. The molecule has 0 aliphatic rings. The van der Waals surface area contributed by atoms with Crippen LogP contribution >= 0.6 is 23.4 Å². The van der Waals surface area contributed by atoms with Crippen molar-refractivity contribution in [1.82, 2.24) is 14.9 Å². The Morgan fingerprint density at radius 1 is 1.40 bits per heavy atom. The van der Waals surface area contributed by atoms with Crippen molar-refractivity contribution in [1.29, 1.82) is 0 Å². The van der Waals surface area contributed by atoms with Gasteiger partial charge in [-0.1, -0.05) is 29.4 Å². The average Bonchev–Trinajstić information content (AvgIpc) is 3.01. The molecule has 25 heavy (non-hydrogen) atoms. The number of halogens is 1. The van der Waals surface area contributed by atoms with Crippen molar-refractivity contribution in [2.45, 2.75) is 25.9 Å². The summed E-state index contributed by atoms with van der Waals surface area (Å²) in [5, 5.41) is 13.0. The lowest BCUT2D eigenvalue weighted by atomic mass is 9.94. The number of amides is 1. The van der Waals surface area contributed by atoms with E-state index in [4.69, 9.17) is 16.7 Å². The van der Waals surface area contributed by atoms with Gasteiger partial charge in [0.1, 0.15) is 0 Å². The molecule has 1 aromatic carbocycles.